The van der Waals surface area contributed by atoms with Gasteiger partial charge in [0.05, 0.1) is 12.3 Å². The first-order valence-corrected chi connectivity index (χ1v) is 8.24. The minimum absolute atomic E-state index is 0.516. The van der Waals surface area contributed by atoms with Gasteiger partial charge in [-0.3, -0.25) is 5.10 Å². The van der Waals surface area contributed by atoms with Gasteiger partial charge in [-0.25, -0.2) is 0 Å². The van der Waals surface area contributed by atoms with Gasteiger partial charge in [-0.15, -0.1) is 0 Å². The summed E-state index contributed by atoms with van der Waals surface area (Å²) in [5.74, 6) is 1.75. The molecule has 2 N–H and O–H groups in total. The minimum Gasteiger partial charge on any atom is -0.460 e. The van der Waals surface area contributed by atoms with Crippen molar-refractivity contribution in [2.75, 3.05) is 13.2 Å². The molecule has 1 saturated carbocycles. The van der Waals surface area contributed by atoms with E-state index in [4.69, 9.17) is 9.15 Å². The Kier molecular flexibility index (Phi) is 5.29. The van der Waals surface area contributed by atoms with Gasteiger partial charge in [0.15, 0.2) is 5.76 Å². The second-order valence-electron chi connectivity index (χ2n) is 5.99. The van der Waals surface area contributed by atoms with E-state index in [1.54, 1.807) is 0 Å². The van der Waals surface area contributed by atoms with E-state index < -0.39 is 0 Å². The van der Waals surface area contributed by atoms with Crippen molar-refractivity contribution in [1.29, 1.82) is 0 Å². The van der Waals surface area contributed by atoms with Crippen LogP contribution >= 0.6 is 0 Å². The highest BCUT2D eigenvalue weighted by molar-refractivity contribution is 5.56. The smallest absolute Gasteiger partial charge is 0.152 e. The summed E-state index contributed by atoms with van der Waals surface area (Å²) in [5, 5.41) is 10.6. The first-order chi connectivity index (χ1) is 10.8. The van der Waals surface area contributed by atoms with E-state index in [1.165, 1.54) is 25.7 Å². The maximum atomic E-state index is 5.86. The van der Waals surface area contributed by atoms with Crippen LogP contribution in [0.2, 0.25) is 0 Å². The molecular weight excluding hydrogens is 278 g/mol. The number of aryl methyl sites for hydroxylation is 1. The average Bonchev–Trinajstić information content (AvgIpc) is 3.24. The topological polar surface area (TPSA) is 63.1 Å². The van der Waals surface area contributed by atoms with E-state index >= 15 is 0 Å². The molecular formula is C17H25N3O2. The Bertz CT molecular complexity index is 570. The standard InChI is InChI=1S/C17H25N3O2/c1-13-7-8-16(22-13)17-14(12-19-20-17)11-18-9-4-10-21-15-5-2-3-6-15/h7-8,12,15,18H,2-6,9-11H2,1H3,(H,19,20). The molecule has 1 aliphatic carbocycles. The molecule has 1 aliphatic rings. The molecule has 2 aromatic rings. The minimum atomic E-state index is 0.516. The molecule has 5 heteroatoms. The molecule has 22 heavy (non-hydrogen) atoms. The molecule has 0 aliphatic heterocycles. The molecule has 0 aromatic carbocycles. The van der Waals surface area contributed by atoms with Crippen LogP contribution in [0, 0.1) is 6.92 Å². The third-order valence-corrected chi connectivity index (χ3v) is 4.17. The van der Waals surface area contributed by atoms with Crippen LogP contribution in [0.1, 0.15) is 43.4 Å². The largest absolute Gasteiger partial charge is 0.460 e. The molecule has 0 unspecified atom stereocenters. The van der Waals surface area contributed by atoms with Gasteiger partial charge in [0, 0.05) is 18.7 Å². The highest BCUT2D eigenvalue weighted by Gasteiger charge is 2.14. The maximum Gasteiger partial charge on any atom is 0.152 e. The Balaban J connectivity index is 1.38. The highest BCUT2D eigenvalue weighted by atomic mass is 16.5. The summed E-state index contributed by atoms with van der Waals surface area (Å²) in [6.07, 6.45) is 8.57. The monoisotopic (exact) mass is 303 g/mol. The average molecular weight is 303 g/mol. The van der Waals surface area contributed by atoms with E-state index in [-0.39, 0.29) is 0 Å². The number of nitrogens with zero attached hydrogens (tertiary/aromatic N) is 1. The first kappa shape index (κ1) is 15.3. The van der Waals surface area contributed by atoms with Crippen LogP contribution in [0.15, 0.2) is 22.7 Å². The van der Waals surface area contributed by atoms with Gasteiger partial charge in [0.2, 0.25) is 0 Å². The van der Waals surface area contributed by atoms with Crippen molar-refractivity contribution < 1.29 is 9.15 Å². The van der Waals surface area contributed by atoms with Crippen LogP contribution in [0.25, 0.3) is 11.5 Å². The van der Waals surface area contributed by atoms with Gasteiger partial charge in [0.1, 0.15) is 11.5 Å². The summed E-state index contributed by atoms with van der Waals surface area (Å²) >= 11 is 0. The summed E-state index contributed by atoms with van der Waals surface area (Å²) in [7, 11) is 0. The van der Waals surface area contributed by atoms with Crippen molar-refractivity contribution in [3.05, 3.63) is 29.7 Å². The number of H-pyrrole nitrogens is 1. The van der Waals surface area contributed by atoms with Crippen molar-refractivity contribution in [2.45, 2.75) is 51.7 Å². The molecule has 0 amide bonds. The van der Waals surface area contributed by atoms with E-state index in [0.717, 1.165) is 48.9 Å². The van der Waals surface area contributed by atoms with Crippen molar-refractivity contribution in [2.24, 2.45) is 0 Å². The highest BCUT2D eigenvalue weighted by Crippen LogP contribution is 2.23. The molecule has 2 heterocycles. The van der Waals surface area contributed by atoms with E-state index in [1.807, 2.05) is 25.3 Å². The summed E-state index contributed by atoms with van der Waals surface area (Å²) in [6, 6.07) is 3.94. The van der Waals surface area contributed by atoms with Crippen LogP contribution in [-0.4, -0.2) is 29.5 Å². The van der Waals surface area contributed by atoms with Crippen LogP contribution in [0.3, 0.4) is 0 Å². The molecule has 0 spiro atoms. The number of hydrogen-bond acceptors (Lipinski definition) is 4. The van der Waals surface area contributed by atoms with Crippen LogP contribution in [0.5, 0.6) is 0 Å². The first-order valence-electron chi connectivity index (χ1n) is 8.24. The van der Waals surface area contributed by atoms with Gasteiger partial charge in [-0.1, -0.05) is 12.8 Å². The Morgan fingerprint density at radius 2 is 2.23 bits per heavy atom. The molecule has 3 rings (SSSR count). The number of furan rings is 1. The normalized spacial score (nSPS) is 15.7. The van der Waals surface area contributed by atoms with Crippen LogP contribution < -0.4 is 5.32 Å². The Labute approximate surface area is 131 Å². The van der Waals surface area contributed by atoms with E-state index in [9.17, 15) is 0 Å². The lowest BCUT2D eigenvalue weighted by Gasteiger charge is -2.11. The Morgan fingerprint density at radius 3 is 3.00 bits per heavy atom. The molecule has 0 atom stereocenters. The number of aromatic nitrogens is 2. The molecule has 0 saturated heterocycles. The summed E-state index contributed by atoms with van der Waals surface area (Å²) < 4.78 is 11.5. The zero-order valence-electron chi connectivity index (χ0n) is 13.2. The van der Waals surface area contributed by atoms with E-state index in [0.29, 0.717) is 6.10 Å². The fourth-order valence-electron chi connectivity index (χ4n) is 2.95. The van der Waals surface area contributed by atoms with Crippen molar-refractivity contribution in [3.63, 3.8) is 0 Å². The quantitative estimate of drug-likeness (QED) is 0.734. The Morgan fingerprint density at radius 1 is 1.36 bits per heavy atom. The van der Waals surface area contributed by atoms with Gasteiger partial charge in [0.25, 0.3) is 0 Å². The van der Waals surface area contributed by atoms with Gasteiger partial charge in [-0.05, 0) is 44.9 Å². The Hall–Kier alpha value is -1.59. The fourth-order valence-corrected chi connectivity index (χ4v) is 2.95. The molecule has 5 nitrogen and oxygen atoms in total. The maximum absolute atomic E-state index is 5.86. The second kappa shape index (κ2) is 7.61. The molecule has 0 bridgehead atoms. The zero-order chi connectivity index (χ0) is 15.2. The molecule has 2 aromatic heterocycles. The predicted octanol–water partition coefficient (Wildman–Crippen LogP) is 3.42. The van der Waals surface area contributed by atoms with Crippen molar-refractivity contribution in [3.8, 4) is 11.5 Å². The van der Waals surface area contributed by atoms with Crippen LogP contribution in [-0.2, 0) is 11.3 Å². The van der Waals surface area contributed by atoms with Crippen LogP contribution in [0.4, 0.5) is 0 Å². The fraction of sp³-hybridized carbons (Fsp3) is 0.588. The summed E-state index contributed by atoms with van der Waals surface area (Å²) in [5.41, 5.74) is 2.09. The van der Waals surface area contributed by atoms with Gasteiger partial charge < -0.3 is 14.5 Å². The number of rotatable bonds is 8. The summed E-state index contributed by atoms with van der Waals surface area (Å²) in [4.78, 5) is 0. The van der Waals surface area contributed by atoms with E-state index in [2.05, 4.69) is 15.5 Å². The summed E-state index contributed by atoms with van der Waals surface area (Å²) in [6.45, 7) is 4.54. The van der Waals surface area contributed by atoms with Gasteiger partial charge in [-0.2, -0.15) is 5.10 Å². The molecule has 1 fully saturated rings. The number of ether oxygens (including phenoxy) is 1. The molecule has 0 radical (unpaired) electrons. The predicted molar refractivity (Wildman–Crippen MR) is 85.6 cm³/mol. The number of nitrogens with one attached hydrogen (secondary N) is 2. The third-order valence-electron chi connectivity index (χ3n) is 4.17. The lowest BCUT2D eigenvalue weighted by Crippen LogP contribution is -2.18. The van der Waals surface area contributed by atoms with Gasteiger partial charge >= 0.3 is 0 Å². The number of hydrogen-bond donors (Lipinski definition) is 2. The van der Waals surface area contributed by atoms with Crippen molar-refractivity contribution >= 4 is 0 Å². The molecule has 120 valence electrons. The SMILES string of the molecule is Cc1ccc(-c2[nH]ncc2CNCCCOC2CCCC2)o1. The lowest BCUT2D eigenvalue weighted by atomic mass is 10.2. The second-order valence-corrected chi connectivity index (χ2v) is 5.99. The third kappa shape index (κ3) is 3.99. The lowest BCUT2D eigenvalue weighted by molar-refractivity contribution is 0.0568. The zero-order valence-corrected chi connectivity index (χ0v) is 13.2. The van der Waals surface area contributed by atoms with Crippen molar-refractivity contribution in [1.82, 2.24) is 15.5 Å². The number of aromatic amines is 1.